The van der Waals surface area contributed by atoms with Crippen molar-refractivity contribution in [2.75, 3.05) is 7.05 Å². The van der Waals surface area contributed by atoms with Crippen molar-refractivity contribution in [3.8, 4) is 29.0 Å². The molecule has 0 bridgehead atoms. The van der Waals surface area contributed by atoms with Crippen molar-refractivity contribution in [1.82, 2.24) is 9.97 Å². The number of allylic oxidation sites excluding steroid dienone is 1. The third-order valence-corrected chi connectivity index (χ3v) is 7.56. The molecule has 3 N–H and O–H groups in total. The van der Waals surface area contributed by atoms with E-state index in [0.29, 0.717) is 46.6 Å². The first kappa shape index (κ1) is 27.5. The Kier molecular flexibility index (Phi) is 7.52. The third-order valence-electron chi connectivity index (χ3n) is 7.56. The number of aliphatic hydroxyl groups excluding tert-OH is 1. The number of aliphatic hydroxyl groups is 1. The van der Waals surface area contributed by atoms with Crippen LogP contribution < -0.4 is 10.5 Å². The third kappa shape index (κ3) is 5.14. The predicted molar refractivity (Wildman–Crippen MR) is 159 cm³/mol. The minimum atomic E-state index is -0.762. The van der Waals surface area contributed by atoms with Gasteiger partial charge < -0.3 is 15.6 Å². The second kappa shape index (κ2) is 11.2. The normalized spacial score (nSPS) is 19.4. The van der Waals surface area contributed by atoms with Crippen LogP contribution in [-0.2, 0) is 5.41 Å². The van der Waals surface area contributed by atoms with Crippen LogP contribution in [0.4, 0.5) is 0 Å². The number of nitrogens with two attached hydrogens (primary N) is 1. The lowest BCUT2D eigenvalue weighted by atomic mass is 9.63. The molecule has 0 radical (unpaired) electrons. The number of ether oxygens (including phenoxy) is 1. The van der Waals surface area contributed by atoms with Gasteiger partial charge in [-0.25, -0.2) is 4.98 Å². The Labute approximate surface area is 239 Å². The fourth-order valence-corrected chi connectivity index (χ4v) is 5.48. The molecule has 1 saturated carbocycles. The summed E-state index contributed by atoms with van der Waals surface area (Å²) in [5.74, 6) is 0.615. The fourth-order valence-electron chi connectivity index (χ4n) is 5.48. The molecule has 41 heavy (non-hydrogen) atoms. The molecule has 0 aliphatic heterocycles. The van der Waals surface area contributed by atoms with Gasteiger partial charge >= 0.3 is 0 Å². The summed E-state index contributed by atoms with van der Waals surface area (Å²) in [6, 6.07) is 21.9. The maximum absolute atomic E-state index is 9.98. The number of aryl methyl sites for hydroxylation is 1. The number of aromatic nitrogens is 2. The first-order valence-electron chi connectivity index (χ1n) is 13.3. The zero-order valence-corrected chi connectivity index (χ0v) is 23.2. The molecule has 2 aromatic carbocycles. The molecule has 4 aromatic rings. The lowest BCUT2D eigenvalue weighted by Crippen LogP contribution is -2.43. The van der Waals surface area contributed by atoms with Gasteiger partial charge in [0.05, 0.1) is 28.8 Å². The van der Waals surface area contributed by atoms with Crippen LogP contribution in [-0.4, -0.2) is 34.4 Å². The number of benzene rings is 2. The summed E-state index contributed by atoms with van der Waals surface area (Å²) < 4.78 is 6.52. The summed E-state index contributed by atoms with van der Waals surface area (Å²) >= 11 is 0. The first-order valence-corrected chi connectivity index (χ1v) is 13.3. The highest BCUT2D eigenvalue weighted by atomic mass is 16.5. The Bertz CT molecular complexity index is 1760. The zero-order valence-electron chi connectivity index (χ0n) is 23.2. The minimum absolute atomic E-state index is 0.298. The van der Waals surface area contributed by atoms with Gasteiger partial charge in [0.2, 0.25) is 0 Å². The topological polar surface area (TPSA) is 141 Å². The zero-order chi connectivity index (χ0) is 29.1. The molecular formula is C33H30N6O2. The van der Waals surface area contributed by atoms with E-state index in [1.165, 1.54) is 6.20 Å². The molecule has 204 valence electrons. The summed E-state index contributed by atoms with van der Waals surface area (Å²) in [6.45, 7) is 3.94. The maximum atomic E-state index is 9.98. The second-order valence-corrected chi connectivity index (χ2v) is 10.4. The van der Waals surface area contributed by atoms with E-state index in [1.54, 1.807) is 19.5 Å². The largest absolute Gasteiger partial charge is 0.486 e. The summed E-state index contributed by atoms with van der Waals surface area (Å²) in [6.07, 6.45) is 4.68. The van der Waals surface area contributed by atoms with Gasteiger partial charge in [-0.1, -0.05) is 30.3 Å². The first-order chi connectivity index (χ1) is 19.8. The van der Waals surface area contributed by atoms with Crippen molar-refractivity contribution in [2.24, 2.45) is 10.7 Å². The highest BCUT2D eigenvalue weighted by Crippen LogP contribution is 2.47. The number of pyridine rings is 2. The van der Waals surface area contributed by atoms with Crippen molar-refractivity contribution in [3.05, 3.63) is 95.1 Å². The molecule has 8 nitrogen and oxygen atoms in total. The van der Waals surface area contributed by atoms with E-state index in [1.807, 2.05) is 62.4 Å². The average Bonchev–Trinajstić information content (AvgIpc) is 2.97. The molecule has 0 amide bonds. The van der Waals surface area contributed by atoms with E-state index in [2.05, 4.69) is 28.2 Å². The molecule has 0 saturated heterocycles. The van der Waals surface area contributed by atoms with Gasteiger partial charge in [-0.05, 0) is 56.5 Å². The fraction of sp³-hybridized carbons (Fsp3) is 0.242. The van der Waals surface area contributed by atoms with Crippen LogP contribution >= 0.6 is 0 Å². The molecule has 1 atom stereocenters. The number of fused-ring (bicyclic) bond motifs is 1. The molecular weight excluding hydrogens is 512 g/mol. The molecule has 8 heteroatoms. The predicted octanol–water partition coefficient (Wildman–Crippen LogP) is 5.53. The standard InChI is InChI=1S/C33H30N6O2/c1-20-10-25(21(2)41-32-7-5-4-6-28(32)33(19-36)13-24(40)14-33)27-12-26(31(16-35)39-30(27)11-20)22-8-9-29(38-18-22)23(15-34)17-37-3/h4-12,15,17-18,21,24,40H,13-14,34H2,1-3H3/b23-15+,37-17?. The van der Waals surface area contributed by atoms with E-state index < -0.39 is 17.6 Å². The highest BCUT2D eigenvalue weighted by molar-refractivity contribution is 6.08. The van der Waals surface area contributed by atoms with Crippen molar-refractivity contribution in [3.63, 3.8) is 0 Å². The minimum Gasteiger partial charge on any atom is -0.486 e. The number of aliphatic imine (C=N–C) groups is 1. The van der Waals surface area contributed by atoms with Gasteiger partial charge in [0, 0.05) is 58.9 Å². The van der Waals surface area contributed by atoms with Gasteiger partial charge in [-0.3, -0.25) is 9.98 Å². The van der Waals surface area contributed by atoms with Crippen LogP contribution in [0, 0.1) is 29.6 Å². The van der Waals surface area contributed by atoms with Crippen LogP contribution in [0.5, 0.6) is 5.75 Å². The monoisotopic (exact) mass is 542 g/mol. The van der Waals surface area contributed by atoms with E-state index in [4.69, 9.17) is 15.5 Å². The summed E-state index contributed by atoms with van der Waals surface area (Å²) in [5, 5.41) is 30.8. The lowest BCUT2D eigenvalue weighted by molar-refractivity contribution is 0.0428. The summed E-state index contributed by atoms with van der Waals surface area (Å²) in [5.41, 5.74) is 11.4. The smallest absolute Gasteiger partial charge is 0.149 e. The molecule has 2 aromatic heterocycles. The van der Waals surface area contributed by atoms with Gasteiger partial charge in [0.25, 0.3) is 0 Å². The van der Waals surface area contributed by atoms with Crippen LogP contribution in [0.2, 0.25) is 0 Å². The van der Waals surface area contributed by atoms with Gasteiger partial charge in [-0.2, -0.15) is 10.5 Å². The molecule has 1 unspecified atom stereocenters. The lowest BCUT2D eigenvalue weighted by Gasteiger charge is -2.41. The average molecular weight is 543 g/mol. The summed E-state index contributed by atoms with van der Waals surface area (Å²) in [4.78, 5) is 13.3. The van der Waals surface area contributed by atoms with Gasteiger partial charge in [-0.15, -0.1) is 0 Å². The van der Waals surface area contributed by atoms with Crippen molar-refractivity contribution in [1.29, 1.82) is 10.5 Å². The molecule has 5 rings (SSSR count). The number of hydrogen-bond donors (Lipinski definition) is 2. The van der Waals surface area contributed by atoms with Crippen molar-refractivity contribution >= 4 is 22.7 Å². The van der Waals surface area contributed by atoms with Crippen LogP contribution in [0.15, 0.2) is 72.0 Å². The quantitative estimate of drug-likeness (QED) is 0.292. The van der Waals surface area contributed by atoms with E-state index in [0.717, 1.165) is 27.6 Å². The van der Waals surface area contributed by atoms with E-state index in [-0.39, 0.29) is 0 Å². The van der Waals surface area contributed by atoms with E-state index in [9.17, 15) is 15.6 Å². The number of nitriles is 2. The SMILES string of the molecule is CN=C/C(=C\N)c1ccc(-c2cc3c(C(C)Oc4ccccc4C4(C#N)CC(O)C4)cc(C)cc3nc2C#N)cn1. The molecule has 1 aliphatic rings. The number of para-hydroxylation sites is 1. The maximum Gasteiger partial charge on any atom is 0.149 e. The number of hydrogen-bond acceptors (Lipinski definition) is 8. The molecule has 1 fully saturated rings. The van der Waals surface area contributed by atoms with Crippen LogP contribution in [0.25, 0.3) is 27.6 Å². The van der Waals surface area contributed by atoms with Crippen molar-refractivity contribution in [2.45, 2.75) is 44.3 Å². The Morgan fingerprint density at radius 2 is 1.98 bits per heavy atom. The number of nitrogens with zero attached hydrogens (tertiary/aromatic N) is 5. The molecule has 0 spiro atoms. The Morgan fingerprint density at radius 3 is 2.61 bits per heavy atom. The van der Waals surface area contributed by atoms with E-state index >= 15 is 0 Å². The van der Waals surface area contributed by atoms with Crippen molar-refractivity contribution < 1.29 is 9.84 Å². The Balaban J connectivity index is 1.57. The molecule has 2 heterocycles. The Morgan fingerprint density at radius 1 is 1.20 bits per heavy atom. The second-order valence-electron chi connectivity index (χ2n) is 10.4. The number of rotatable bonds is 7. The van der Waals surface area contributed by atoms with Gasteiger partial charge in [0.15, 0.2) is 0 Å². The molecule has 1 aliphatic carbocycles. The van der Waals surface area contributed by atoms with Crippen LogP contribution in [0.3, 0.4) is 0 Å². The van der Waals surface area contributed by atoms with Crippen LogP contribution in [0.1, 0.15) is 53.9 Å². The highest BCUT2D eigenvalue weighted by Gasteiger charge is 2.47. The van der Waals surface area contributed by atoms with Gasteiger partial charge in [0.1, 0.15) is 23.6 Å². The Hall–Kier alpha value is -5.05. The summed E-state index contributed by atoms with van der Waals surface area (Å²) in [7, 11) is 1.67.